The summed E-state index contributed by atoms with van der Waals surface area (Å²) in [5, 5.41) is 0. The summed E-state index contributed by atoms with van der Waals surface area (Å²) in [7, 11) is 0. The van der Waals surface area contributed by atoms with Crippen LogP contribution in [-0.2, 0) is 11.2 Å². The molecule has 5 nitrogen and oxygen atoms in total. The first-order chi connectivity index (χ1) is 11.2. The third-order valence-corrected chi connectivity index (χ3v) is 4.03. The van der Waals surface area contributed by atoms with Crippen LogP contribution in [0.1, 0.15) is 12.0 Å². The Labute approximate surface area is 134 Å². The lowest BCUT2D eigenvalue weighted by Crippen LogP contribution is -2.49. The van der Waals surface area contributed by atoms with Crippen LogP contribution in [0.25, 0.3) is 0 Å². The first-order valence-electron chi connectivity index (χ1n) is 7.77. The van der Waals surface area contributed by atoms with Crippen molar-refractivity contribution in [2.24, 2.45) is 0 Å². The van der Waals surface area contributed by atoms with E-state index in [4.69, 9.17) is 0 Å². The van der Waals surface area contributed by atoms with Gasteiger partial charge < -0.3 is 9.80 Å². The predicted octanol–water partition coefficient (Wildman–Crippen LogP) is 1.90. The molecule has 1 fully saturated rings. The van der Waals surface area contributed by atoms with Gasteiger partial charge in [-0.2, -0.15) is 0 Å². The van der Waals surface area contributed by atoms with Crippen LogP contribution in [0, 0.1) is 5.82 Å². The third-order valence-electron chi connectivity index (χ3n) is 4.03. The molecule has 1 saturated heterocycles. The SMILES string of the molecule is O=C(CCc1ccccc1F)N1CCN(c2ncccn2)CC1. The van der Waals surface area contributed by atoms with E-state index in [1.807, 2.05) is 4.90 Å². The smallest absolute Gasteiger partial charge is 0.225 e. The fraction of sp³-hybridized carbons (Fsp3) is 0.353. The van der Waals surface area contributed by atoms with Gasteiger partial charge in [-0.15, -0.1) is 0 Å². The number of carbonyl (C=O) groups excluding carboxylic acids is 1. The summed E-state index contributed by atoms with van der Waals surface area (Å²) < 4.78 is 13.6. The van der Waals surface area contributed by atoms with Crippen LogP contribution in [0.3, 0.4) is 0 Å². The zero-order valence-electron chi connectivity index (χ0n) is 12.9. The lowest BCUT2D eigenvalue weighted by atomic mass is 10.1. The van der Waals surface area contributed by atoms with Crippen molar-refractivity contribution in [1.29, 1.82) is 0 Å². The molecule has 1 aliphatic heterocycles. The number of aromatic nitrogens is 2. The topological polar surface area (TPSA) is 49.3 Å². The highest BCUT2D eigenvalue weighted by atomic mass is 19.1. The normalized spacial score (nSPS) is 14.8. The summed E-state index contributed by atoms with van der Waals surface area (Å²) in [5.74, 6) is 0.527. The van der Waals surface area contributed by atoms with Crippen molar-refractivity contribution < 1.29 is 9.18 Å². The van der Waals surface area contributed by atoms with Crippen LogP contribution >= 0.6 is 0 Å². The Bertz CT molecular complexity index is 657. The molecule has 0 spiro atoms. The minimum absolute atomic E-state index is 0.0712. The highest BCUT2D eigenvalue weighted by molar-refractivity contribution is 5.76. The van der Waals surface area contributed by atoms with Gasteiger partial charge in [-0.3, -0.25) is 4.79 Å². The van der Waals surface area contributed by atoms with E-state index in [2.05, 4.69) is 14.9 Å². The number of nitrogens with zero attached hydrogens (tertiary/aromatic N) is 4. The lowest BCUT2D eigenvalue weighted by molar-refractivity contribution is -0.131. The van der Waals surface area contributed by atoms with E-state index >= 15 is 0 Å². The Morgan fingerprint density at radius 1 is 1.04 bits per heavy atom. The van der Waals surface area contributed by atoms with Gasteiger partial charge in [0.05, 0.1) is 0 Å². The number of rotatable bonds is 4. The minimum atomic E-state index is -0.244. The number of benzene rings is 1. The zero-order valence-corrected chi connectivity index (χ0v) is 12.9. The Balaban J connectivity index is 1.50. The van der Waals surface area contributed by atoms with Crippen molar-refractivity contribution in [3.8, 4) is 0 Å². The number of amides is 1. The number of piperazine rings is 1. The molecule has 0 unspecified atom stereocenters. The van der Waals surface area contributed by atoms with E-state index in [0.29, 0.717) is 37.4 Å². The summed E-state index contributed by atoms with van der Waals surface area (Å²) in [6.45, 7) is 2.73. The monoisotopic (exact) mass is 314 g/mol. The molecule has 6 heteroatoms. The predicted molar refractivity (Wildman–Crippen MR) is 85.5 cm³/mol. The van der Waals surface area contributed by atoms with E-state index in [0.717, 1.165) is 13.1 Å². The average molecular weight is 314 g/mol. The average Bonchev–Trinajstić information content (AvgIpc) is 2.62. The van der Waals surface area contributed by atoms with Gasteiger partial charge in [0, 0.05) is 45.0 Å². The molecule has 0 N–H and O–H groups in total. The van der Waals surface area contributed by atoms with Crippen LogP contribution in [0.5, 0.6) is 0 Å². The van der Waals surface area contributed by atoms with Crippen molar-refractivity contribution in [2.75, 3.05) is 31.1 Å². The first-order valence-corrected chi connectivity index (χ1v) is 7.77. The second-order valence-corrected chi connectivity index (χ2v) is 5.51. The lowest BCUT2D eigenvalue weighted by Gasteiger charge is -2.34. The van der Waals surface area contributed by atoms with Gasteiger partial charge in [0.25, 0.3) is 0 Å². The van der Waals surface area contributed by atoms with Crippen molar-refractivity contribution in [3.63, 3.8) is 0 Å². The van der Waals surface area contributed by atoms with E-state index < -0.39 is 0 Å². The summed E-state index contributed by atoms with van der Waals surface area (Å²) in [6.07, 6.45) is 4.21. The molecule has 1 aromatic carbocycles. The van der Waals surface area contributed by atoms with E-state index in [-0.39, 0.29) is 11.7 Å². The van der Waals surface area contributed by atoms with Crippen molar-refractivity contribution in [2.45, 2.75) is 12.8 Å². The molecule has 1 aliphatic rings. The van der Waals surface area contributed by atoms with Crippen LogP contribution in [-0.4, -0.2) is 47.0 Å². The van der Waals surface area contributed by atoms with Gasteiger partial charge in [-0.05, 0) is 24.1 Å². The molecule has 0 atom stereocenters. The minimum Gasteiger partial charge on any atom is -0.339 e. The van der Waals surface area contributed by atoms with Crippen molar-refractivity contribution >= 4 is 11.9 Å². The largest absolute Gasteiger partial charge is 0.339 e. The number of halogens is 1. The fourth-order valence-corrected chi connectivity index (χ4v) is 2.71. The maximum absolute atomic E-state index is 13.6. The number of aryl methyl sites for hydroxylation is 1. The van der Waals surface area contributed by atoms with E-state index in [9.17, 15) is 9.18 Å². The molecule has 0 bridgehead atoms. The van der Waals surface area contributed by atoms with Gasteiger partial charge >= 0.3 is 0 Å². The summed E-state index contributed by atoms with van der Waals surface area (Å²) in [4.78, 5) is 24.6. The molecule has 3 rings (SSSR count). The summed E-state index contributed by atoms with van der Waals surface area (Å²) >= 11 is 0. The molecule has 1 aromatic heterocycles. The van der Waals surface area contributed by atoms with Crippen LogP contribution in [0.15, 0.2) is 42.7 Å². The van der Waals surface area contributed by atoms with Crippen LogP contribution in [0.2, 0.25) is 0 Å². The van der Waals surface area contributed by atoms with Crippen LogP contribution < -0.4 is 4.90 Å². The van der Waals surface area contributed by atoms with Gasteiger partial charge in [-0.25, -0.2) is 14.4 Å². The fourth-order valence-electron chi connectivity index (χ4n) is 2.71. The molecular formula is C17H19FN4O. The Morgan fingerprint density at radius 3 is 2.43 bits per heavy atom. The van der Waals surface area contributed by atoms with Gasteiger partial charge in [0.15, 0.2) is 0 Å². The standard InChI is InChI=1S/C17H19FN4O/c18-15-5-2-1-4-14(15)6-7-16(23)21-10-12-22(13-11-21)17-19-8-3-9-20-17/h1-5,8-9H,6-7,10-13H2. The highest BCUT2D eigenvalue weighted by Gasteiger charge is 2.22. The molecular weight excluding hydrogens is 295 g/mol. The number of hydrogen-bond donors (Lipinski definition) is 0. The summed E-state index contributed by atoms with van der Waals surface area (Å²) in [5.41, 5.74) is 0.595. The second kappa shape index (κ2) is 7.17. The molecule has 0 saturated carbocycles. The second-order valence-electron chi connectivity index (χ2n) is 5.51. The van der Waals surface area contributed by atoms with Crippen LogP contribution in [0.4, 0.5) is 10.3 Å². The number of anilines is 1. The molecule has 120 valence electrons. The van der Waals surface area contributed by atoms with E-state index in [1.165, 1.54) is 6.07 Å². The highest BCUT2D eigenvalue weighted by Crippen LogP contribution is 2.13. The third kappa shape index (κ3) is 3.83. The van der Waals surface area contributed by atoms with E-state index in [1.54, 1.807) is 36.7 Å². The van der Waals surface area contributed by atoms with Gasteiger partial charge in [0.1, 0.15) is 5.82 Å². The van der Waals surface area contributed by atoms with Gasteiger partial charge in [-0.1, -0.05) is 18.2 Å². The molecule has 2 aromatic rings. The molecule has 0 radical (unpaired) electrons. The Hall–Kier alpha value is -2.50. The molecule has 1 amide bonds. The Kier molecular flexibility index (Phi) is 4.80. The maximum atomic E-state index is 13.6. The maximum Gasteiger partial charge on any atom is 0.225 e. The number of hydrogen-bond acceptors (Lipinski definition) is 4. The van der Waals surface area contributed by atoms with Gasteiger partial charge in [0.2, 0.25) is 11.9 Å². The molecule has 23 heavy (non-hydrogen) atoms. The van der Waals surface area contributed by atoms with Crippen molar-refractivity contribution in [1.82, 2.24) is 14.9 Å². The quantitative estimate of drug-likeness (QED) is 0.865. The molecule has 0 aliphatic carbocycles. The first kappa shape index (κ1) is 15.4. The summed E-state index contributed by atoms with van der Waals surface area (Å²) in [6, 6.07) is 8.39. The number of carbonyl (C=O) groups is 1. The Morgan fingerprint density at radius 2 is 1.74 bits per heavy atom. The van der Waals surface area contributed by atoms with Crippen molar-refractivity contribution in [3.05, 3.63) is 54.1 Å². The molecule has 2 heterocycles. The zero-order chi connectivity index (χ0) is 16.1.